The van der Waals surface area contributed by atoms with E-state index in [1.165, 1.54) is 7.11 Å². The summed E-state index contributed by atoms with van der Waals surface area (Å²) in [4.78, 5) is 22.8. The molecule has 0 aliphatic carbocycles. The van der Waals surface area contributed by atoms with Gasteiger partial charge in [-0.25, -0.2) is 4.79 Å². The molecule has 0 aliphatic heterocycles. The first kappa shape index (κ1) is 14.1. The van der Waals surface area contributed by atoms with Crippen LogP contribution < -0.4 is 0 Å². The minimum Gasteiger partial charge on any atom is -0.465 e. The molecule has 2 rings (SSSR count). The lowest BCUT2D eigenvalue weighted by Crippen LogP contribution is -2.04. The monoisotopic (exact) mass is 271 g/mol. The van der Waals surface area contributed by atoms with Crippen molar-refractivity contribution in [1.29, 1.82) is 0 Å². The maximum absolute atomic E-state index is 11.4. The topological polar surface area (TPSA) is 48.3 Å². The number of carbonyl (C=O) groups excluding carboxylic acids is 2. The average Bonchev–Trinajstić information content (AvgIpc) is 2.80. The fourth-order valence-electron chi connectivity index (χ4n) is 2.16. The molecule has 0 unspecified atom stereocenters. The van der Waals surface area contributed by atoms with E-state index < -0.39 is 0 Å². The van der Waals surface area contributed by atoms with Gasteiger partial charge >= 0.3 is 5.97 Å². The number of Topliss-reactive ketones (excluding diaryl/α,β-unsaturated/α-hetero) is 1. The lowest BCUT2D eigenvalue weighted by molar-refractivity contribution is 0.0600. The van der Waals surface area contributed by atoms with E-state index in [4.69, 9.17) is 0 Å². The number of methoxy groups -OCH3 is 1. The normalized spacial score (nSPS) is 10.3. The van der Waals surface area contributed by atoms with Crippen molar-refractivity contribution in [2.45, 2.75) is 20.4 Å². The molecule has 0 saturated heterocycles. The summed E-state index contributed by atoms with van der Waals surface area (Å²) in [5.41, 5.74) is 3.29. The second kappa shape index (κ2) is 5.74. The van der Waals surface area contributed by atoms with Gasteiger partial charge in [0.2, 0.25) is 0 Å². The summed E-state index contributed by atoms with van der Waals surface area (Å²) in [6, 6.07) is 9.09. The van der Waals surface area contributed by atoms with Crippen LogP contribution in [0.25, 0.3) is 0 Å². The highest BCUT2D eigenvalue weighted by molar-refractivity contribution is 5.95. The largest absolute Gasteiger partial charge is 0.465 e. The highest BCUT2D eigenvalue weighted by Crippen LogP contribution is 2.14. The number of rotatable bonds is 4. The van der Waals surface area contributed by atoms with E-state index in [-0.39, 0.29) is 11.8 Å². The Morgan fingerprint density at radius 2 is 1.80 bits per heavy atom. The van der Waals surface area contributed by atoms with Crippen LogP contribution in [0.5, 0.6) is 0 Å². The number of carbonyl (C=O) groups is 2. The molecule has 1 aromatic heterocycles. The summed E-state index contributed by atoms with van der Waals surface area (Å²) in [6.07, 6.45) is 1.90. The van der Waals surface area contributed by atoms with Crippen LogP contribution in [-0.2, 0) is 11.3 Å². The molecule has 4 nitrogen and oxygen atoms in total. The molecule has 0 spiro atoms. The first-order valence-electron chi connectivity index (χ1n) is 6.37. The molecule has 0 bridgehead atoms. The van der Waals surface area contributed by atoms with Crippen molar-refractivity contribution in [3.05, 3.63) is 58.9 Å². The van der Waals surface area contributed by atoms with Crippen LogP contribution in [0.3, 0.4) is 0 Å². The van der Waals surface area contributed by atoms with Gasteiger partial charge in [-0.1, -0.05) is 12.1 Å². The molecule has 0 radical (unpaired) electrons. The van der Waals surface area contributed by atoms with Gasteiger partial charge in [0.15, 0.2) is 5.78 Å². The third-order valence-electron chi connectivity index (χ3n) is 3.35. The Hall–Kier alpha value is -2.36. The molecular formula is C16H17NO3. The van der Waals surface area contributed by atoms with Crippen LogP contribution in [0.2, 0.25) is 0 Å². The molecule has 104 valence electrons. The number of aromatic nitrogens is 1. The number of ether oxygens (including phenoxy) is 1. The van der Waals surface area contributed by atoms with E-state index in [0.717, 1.165) is 16.8 Å². The molecule has 4 heteroatoms. The smallest absolute Gasteiger partial charge is 0.337 e. The van der Waals surface area contributed by atoms with Crippen molar-refractivity contribution in [2.75, 3.05) is 7.11 Å². The van der Waals surface area contributed by atoms with Gasteiger partial charge in [0.05, 0.1) is 12.7 Å². The summed E-state index contributed by atoms with van der Waals surface area (Å²) in [5.74, 6) is -0.269. The highest BCUT2D eigenvalue weighted by atomic mass is 16.5. The predicted octanol–water partition coefficient (Wildman–Crippen LogP) is 2.83. The van der Waals surface area contributed by atoms with E-state index in [9.17, 15) is 9.59 Å². The van der Waals surface area contributed by atoms with Gasteiger partial charge in [0.25, 0.3) is 0 Å². The van der Waals surface area contributed by atoms with Crippen LogP contribution in [0.15, 0.2) is 36.5 Å². The van der Waals surface area contributed by atoms with Gasteiger partial charge < -0.3 is 9.30 Å². The Kier molecular flexibility index (Phi) is 4.03. The molecule has 0 atom stereocenters. The van der Waals surface area contributed by atoms with Crippen LogP contribution in [0, 0.1) is 6.92 Å². The third kappa shape index (κ3) is 2.79. The summed E-state index contributed by atoms with van der Waals surface area (Å²) in [7, 11) is 1.36. The van der Waals surface area contributed by atoms with Crippen LogP contribution >= 0.6 is 0 Å². The van der Waals surface area contributed by atoms with E-state index >= 15 is 0 Å². The zero-order chi connectivity index (χ0) is 14.7. The quantitative estimate of drug-likeness (QED) is 0.634. The molecule has 2 aromatic rings. The first-order chi connectivity index (χ1) is 9.52. The summed E-state index contributed by atoms with van der Waals surface area (Å²) < 4.78 is 6.68. The molecule has 1 aromatic carbocycles. The van der Waals surface area contributed by atoms with Gasteiger partial charge in [0, 0.05) is 24.0 Å². The second-order valence-electron chi connectivity index (χ2n) is 4.69. The van der Waals surface area contributed by atoms with Crippen LogP contribution in [0.4, 0.5) is 0 Å². The van der Waals surface area contributed by atoms with Crippen molar-refractivity contribution in [3.63, 3.8) is 0 Å². The maximum atomic E-state index is 11.4. The van der Waals surface area contributed by atoms with Crippen molar-refractivity contribution in [1.82, 2.24) is 4.57 Å². The molecule has 0 amide bonds. The van der Waals surface area contributed by atoms with E-state index in [2.05, 4.69) is 4.74 Å². The number of hydrogen-bond acceptors (Lipinski definition) is 3. The minimum atomic E-state index is -0.340. The van der Waals surface area contributed by atoms with Crippen LogP contribution in [0.1, 0.15) is 38.9 Å². The number of ketones is 1. The Balaban J connectivity index is 2.18. The Labute approximate surface area is 118 Å². The molecule has 20 heavy (non-hydrogen) atoms. The average molecular weight is 271 g/mol. The number of esters is 1. The fourth-order valence-corrected chi connectivity index (χ4v) is 2.16. The van der Waals surface area contributed by atoms with Crippen molar-refractivity contribution in [2.24, 2.45) is 0 Å². The van der Waals surface area contributed by atoms with Gasteiger partial charge in [-0.05, 0) is 37.6 Å². The SMILES string of the molecule is COC(=O)c1ccc(Cn2ccc(C(C)=O)c2C)cc1. The predicted molar refractivity (Wildman–Crippen MR) is 76.1 cm³/mol. The summed E-state index contributed by atoms with van der Waals surface area (Å²) >= 11 is 0. The molecule has 0 saturated carbocycles. The number of hydrogen-bond donors (Lipinski definition) is 0. The lowest BCUT2D eigenvalue weighted by atomic mass is 10.1. The number of benzene rings is 1. The third-order valence-corrected chi connectivity index (χ3v) is 3.35. The van der Waals surface area contributed by atoms with Crippen molar-refractivity contribution < 1.29 is 14.3 Å². The van der Waals surface area contributed by atoms with Gasteiger partial charge in [-0.15, -0.1) is 0 Å². The summed E-state index contributed by atoms with van der Waals surface area (Å²) in [5, 5.41) is 0. The van der Waals surface area contributed by atoms with Gasteiger partial charge in [0.1, 0.15) is 0 Å². The molecule has 0 N–H and O–H groups in total. The molecule has 0 fully saturated rings. The van der Waals surface area contributed by atoms with Crippen molar-refractivity contribution in [3.8, 4) is 0 Å². The summed E-state index contributed by atoms with van der Waals surface area (Å²) in [6.45, 7) is 4.16. The van der Waals surface area contributed by atoms with E-state index in [1.54, 1.807) is 19.1 Å². The number of nitrogens with zero attached hydrogens (tertiary/aromatic N) is 1. The Bertz CT molecular complexity index is 638. The minimum absolute atomic E-state index is 0.0716. The Morgan fingerprint density at radius 3 is 2.30 bits per heavy atom. The molecule has 1 heterocycles. The Morgan fingerprint density at radius 1 is 1.15 bits per heavy atom. The zero-order valence-electron chi connectivity index (χ0n) is 11.8. The second-order valence-corrected chi connectivity index (χ2v) is 4.69. The van der Waals surface area contributed by atoms with E-state index in [1.807, 2.05) is 35.9 Å². The zero-order valence-corrected chi connectivity index (χ0v) is 11.8. The maximum Gasteiger partial charge on any atom is 0.337 e. The molecule has 0 aliphatic rings. The van der Waals surface area contributed by atoms with E-state index in [0.29, 0.717) is 12.1 Å². The van der Waals surface area contributed by atoms with Crippen molar-refractivity contribution >= 4 is 11.8 Å². The first-order valence-corrected chi connectivity index (χ1v) is 6.37. The lowest BCUT2D eigenvalue weighted by Gasteiger charge is -2.08. The highest BCUT2D eigenvalue weighted by Gasteiger charge is 2.09. The molecular weight excluding hydrogens is 254 g/mol. The standard InChI is InChI=1S/C16H17NO3/c1-11-15(12(2)18)8-9-17(11)10-13-4-6-14(7-5-13)16(19)20-3/h4-9H,10H2,1-3H3. The van der Waals surface area contributed by atoms with Crippen LogP contribution in [-0.4, -0.2) is 23.4 Å². The van der Waals surface area contributed by atoms with Gasteiger partial charge in [-0.2, -0.15) is 0 Å². The van der Waals surface area contributed by atoms with Gasteiger partial charge in [-0.3, -0.25) is 4.79 Å². The fraction of sp³-hybridized carbons (Fsp3) is 0.250.